The van der Waals surface area contributed by atoms with Crippen LogP contribution in [0.5, 0.6) is 0 Å². The summed E-state index contributed by atoms with van der Waals surface area (Å²) in [7, 11) is 0. The molecule has 0 aromatic rings. The molecule has 0 atom stereocenters. The highest BCUT2D eigenvalue weighted by atomic mass is 15.0. The Kier molecular flexibility index (Phi) is 3.26. The second kappa shape index (κ2) is 4.49. The molecule has 1 aliphatic heterocycles. The van der Waals surface area contributed by atoms with Gasteiger partial charge in [0.15, 0.2) is 0 Å². The molecule has 0 fully saturated rings. The minimum atomic E-state index is 0.963. The summed E-state index contributed by atoms with van der Waals surface area (Å²) in [4.78, 5) is 4.20. The fourth-order valence-electron chi connectivity index (χ4n) is 0.935. The molecule has 0 aliphatic carbocycles. The first-order valence-corrected chi connectivity index (χ1v) is 3.97. The van der Waals surface area contributed by atoms with Gasteiger partial charge in [0.05, 0.1) is 0 Å². The predicted octanol–water partition coefficient (Wildman–Crippen LogP) is 1.84. The van der Waals surface area contributed by atoms with Gasteiger partial charge in [-0.05, 0) is 19.4 Å². The van der Waals surface area contributed by atoms with E-state index in [4.69, 9.17) is 5.41 Å². The normalized spacial score (nSPS) is 17.1. The van der Waals surface area contributed by atoms with Crippen molar-refractivity contribution in [3.8, 4) is 0 Å². The monoisotopic (exact) mass is 163 g/mol. The molecular weight excluding hydrogens is 150 g/mol. The summed E-state index contributed by atoms with van der Waals surface area (Å²) in [5.41, 5.74) is 1.32. The average Bonchev–Trinajstić information content (AvgIpc) is 2.09. The van der Waals surface area contributed by atoms with E-state index in [0.29, 0.717) is 0 Å². The van der Waals surface area contributed by atoms with Crippen molar-refractivity contribution in [1.29, 1.82) is 5.41 Å². The van der Waals surface area contributed by atoms with Gasteiger partial charge in [0.2, 0.25) is 0 Å². The Morgan fingerprint density at radius 3 is 3.00 bits per heavy atom. The zero-order chi connectivity index (χ0) is 8.81. The van der Waals surface area contributed by atoms with E-state index in [1.165, 1.54) is 11.8 Å². The second-order valence-corrected chi connectivity index (χ2v) is 2.72. The Morgan fingerprint density at radius 2 is 2.42 bits per heavy atom. The van der Waals surface area contributed by atoms with Crippen LogP contribution >= 0.6 is 0 Å². The van der Waals surface area contributed by atoms with Gasteiger partial charge in [-0.2, -0.15) is 0 Å². The number of allylic oxidation sites excluding steroid dienone is 2. The van der Waals surface area contributed by atoms with Crippen molar-refractivity contribution < 1.29 is 0 Å². The van der Waals surface area contributed by atoms with Crippen molar-refractivity contribution in [2.45, 2.75) is 19.8 Å². The molecule has 1 heterocycles. The van der Waals surface area contributed by atoms with Gasteiger partial charge < -0.3 is 10.7 Å². The molecule has 0 amide bonds. The van der Waals surface area contributed by atoms with E-state index < -0.39 is 0 Å². The number of hydrogen-bond donors (Lipinski definition) is 2. The van der Waals surface area contributed by atoms with Gasteiger partial charge in [-0.25, -0.2) is 4.99 Å². The quantitative estimate of drug-likeness (QED) is 0.599. The van der Waals surface area contributed by atoms with Gasteiger partial charge in [0, 0.05) is 25.0 Å². The third-order valence-corrected chi connectivity index (χ3v) is 1.64. The minimum Gasteiger partial charge on any atom is -0.350 e. The van der Waals surface area contributed by atoms with Crippen molar-refractivity contribution in [3.05, 3.63) is 24.0 Å². The van der Waals surface area contributed by atoms with E-state index >= 15 is 0 Å². The lowest BCUT2D eigenvalue weighted by molar-refractivity contribution is 0.941. The molecule has 0 saturated heterocycles. The van der Waals surface area contributed by atoms with Gasteiger partial charge in [0.1, 0.15) is 5.84 Å². The van der Waals surface area contributed by atoms with Crippen molar-refractivity contribution in [1.82, 2.24) is 5.32 Å². The first-order chi connectivity index (χ1) is 5.83. The third kappa shape index (κ3) is 2.70. The molecular formula is C9H13N3. The third-order valence-electron chi connectivity index (χ3n) is 1.64. The Bertz CT molecular complexity index is 248. The lowest BCUT2D eigenvalue weighted by Gasteiger charge is -2.09. The van der Waals surface area contributed by atoms with Crippen LogP contribution in [0.2, 0.25) is 0 Å². The Labute approximate surface area is 72.4 Å². The van der Waals surface area contributed by atoms with E-state index in [2.05, 4.69) is 17.2 Å². The smallest absolute Gasteiger partial charge is 0.106 e. The summed E-state index contributed by atoms with van der Waals surface area (Å²) in [5.74, 6) is 0.971. The molecule has 1 aliphatic rings. The lowest BCUT2D eigenvalue weighted by atomic mass is 10.1. The van der Waals surface area contributed by atoms with Crippen molar-refractivity contribution in [2.75, 3.05) is 0 Å². The SMILES string of the molecule is CC1=CN=C(NC=CC=N)CC1. The van der Waals surface area contributed by atoms with E-state index in [0.717, 1.165) is 18.7 Å². The predicted molar refractivity (Wildman–Crippen MR) is 51.5 cm³/mol. The summed E-state index contributed by atoms with van der Waals surface area (Å²) in [6, 6.07) is 0. The van der Waals surface area contributed by atoms with Crippen molar-refractivity contribution >= 4 is 12.1 Å². The average molecular weight is 163 g/mol. The van der Waals surface area contributed by atoms with Crippen LogP contribution in [0.4, 0.5) is 0 Å². The standard InChI is InChI=1S/C9H13N3/c1-8-3-4-9(12-7-8)11-6-2-5-10/h2,5-7,10H,3-4H2,1H3,(H,11,12). The molecule has 1 rings (SSSR count). The van der Waals surface area contributed by atoms with Crippen LogP contribution in [0.1, 0.15) is 19.8 Å². The molecule has 12 heavy (non-hydrogen) atoms. The lowest BCUT2D eigenvalue weighted by Crippen LogP contribution is -2.18. The molecule has 64 valence electrons. The summed E-state index contributed by atoms with van der Waals surface area (Å²) in [5, 5.41) is 9.77. The second-order valence-electron chi connectivity index (χ2n) is 2.72. The first kappa shape index (κ1) is 8.71. The number of rotatable bonds is 2. The van der Waals surface area contributed by atoms with Gasteiger partial charge in [-0.1, -0.05) is 5.57 Å². The van der Waals surface area contributed by atoms with Crippen LogP contribution in [-0.4, -0.2) is 12.1 Å². The van der Waals surface area contributed by atoms with Crippen LogP contribution in [0.3, 0.4) is 0 Å². The van der Waals surface area contributed by atoms with Crippen LogP contribution in [-0.2, 0) is 0 Å². The molecule has 3 nitrogen and oxygen atoms in total. The molecule has 2 N–H and O–H groups in total. The maximum atomic E-state index is 6.75. The highest BCUT2D eigenvalue weighted by Gasteiger charge is 2.01. The number of hydrogen-bond acceptors (Lipinski definition) is 3. The van der Waals surface area contributed by atoms with Crippen LogP contribution in [0.25, 0.3) is 0 Å². The van der Waals surface area contributed by atoms with Crippen LogP contribution < -0.4 is 5.32 Å². The number of aliphatic imine (C=N–C) groups is 1. The number of nitrogens with one attached hydrogen (secondary N) is 2. The highest BCUT2D eigenvalue weighted by molar-refractivity contribution is 5.85. The topological polar surface area (TPSA) is 48.2 Å². The molecule has 0 aromatic heterocycles. The van der Waals surface area contributed by atoms with E-state index in [1.807, 2.05) is 6.20 Å². The maximum Gasteiger partial charge on any atom is 0.106 e. The van der Waals surface area contributed by atoms with Gasteiger partial charge in [-0.3, -0.25) is 0 Å². The number of nitrogens with zero attached hydrogens (tertiary/aromatic N) is 1. The Hall–Kier alpha value is -1.38. The summed E-state index contributed by atoms with van der Waals surface area (Å²) in [6.45, 7) is 2.08. The van der Waals surface area contributed by atoms with Crippen molar-refractivity contribution in [2.24, 2.45) is 4.99 Å². The molecule has 0 spiro atoms. The largest absolute Gasteiger partial charge is 0.350 e. The summed E-state index contributed by atoms with van der Waals surface area (Å²) in [6.07, 6.45) is 8.50. The molecule has 0 unspecified atom stereocenters. The van der Waals surface area contributed by atoms with Crippen LogP contribution in [0.15, 0.2) is 29.0 Å². The van der Waals surface area contributed by atoms with Crippen molar-refractivity contribution in [3.63, 3.8) is 0 Å². The summed E-state index contributed by atoms with van der Waals surface area (Å²) >= 11 is 0. The van der Waals surface area contributed by atoms with Gasteiger partial charge >= 0.3 is 0 Å². The Morgan fingerprint density at radius 1 is 1.58 bits per heavy atom. The van der Waals surface area contributed by atoms with E-state index in [1.54, 1.807) is 12.3 Å². The van der Waals surface area contributed by atoms with Gasteiger partial charge in [-0.15, -0.1) is 0 Å². The fourth-order valence-corrected chi connectivity index (χ4v) is 0.935. The van der Waals surface area contributed by atoms with Gasteiger partial charge in [0.25, 0.3) is 0 Å². The molecule has 0 saturated carbocycles. The summed E-state index contributed by atoms with van der Waals surface area (Å²) < 4.78 is 0. The number of amidine groups is 1. The minimum absolute atomic E-state index is 0.963. The van der Waals surface area contributed by atoms with Crippen LogP contribution in [0, 0.1) is 5.41 Å². The zero-order valence-corrected chi connectivity index (χ0v) is 7.17. The molecule has 3 heteroatoms. The molecule has 0 aromatic carbocycles. The Balaban J connectivity index is 2.43. The maximum absolute atomic E-state index is 6.75. The molecule has 0 bridgehead atoms. The zero-order valence-electron chi connectivity index (χ0n) is 7.17. The molecule has 0 radical (unpaired) electrons. The highest BCUT2D eigenvalue weighted by Crippen LogP contribution is 2.09. The fraction of sp³-hybridized carbons (Fsp3) is 0.333. The van der Waals surface area contributed by atoms with E-state index in [-0.39, 0.29) is 0 Å². The van der Waals surface area contributed by atoms with E-state index in [9.17, 15) is 0 Å². The first-order valence-electron chi connectivity index (χ1n) is 3.97.